The molecule has 0 amide bonds. The number of hydrogen-bond acceptors (Lipinski definition) is 8. The van der Waals surface area contributed by atoms with Crippen LogP contribution in [0.1, 0.15) is 50.6 Å². The molecule has 1 aromatic rings. The first-order valence-electron chi connectivity index (χ1n) is 15.0. The van der Waals surface area contributed by atoms with Crippen molar-refractivity contribution in [2.45, 2.75) is 58.2 Å². The van der Waals surface area contributed by atoms with Crippen LogP contribution in [0, 0.1) is 12.8 Å². The third-order valence-electron chi connectivity index (χ3n) is 9.11. The lowest BCUT2D eigenvalue weighted by Crippen LogP contribution is -2.50. The molecule has 0 bridgehead atoms. The summed E-state index contributed by atoms with van der Waals surface area (Å²) in [7, 11) is 0. The molecule has 5 heterocycles. The Hall–Kier alpha value is -3.37. The Kier molecular flexibility index (Phi) is 8.03. The Bertz CT molecular complexity index is 1520. The van der Waals surface area contributed by atoms with Gasteiger partial charge in [0, 0.05) is 73.6 Å². The minimum absolute atomic E-state index is 0.138. The Morgan fingerprint density at radius 2 is 1.90 bits per heavy atom. The van der Waals surface area contributed by atoms with E-state index in [0.717, 1.165) is 91.7 Å². The molecule has 2 atom stereocenters. The summed E-state index contributed by atoms with van der Waals surface area (Å²) in [6, 6.07) is 4.26. The molecule has 0 radical (unpaired) electrons. The Balaban J connectivity index is 1.21. The van der Waals surface area contributed by atoms with E-state index in [1.54, 1.807) is 13.1 Å². The molecule has 3 fully saturated rings. The molecule has 4 aliphatic heterocycles. The lowest BCUT2D eigenvalue weighted by atomic mass is 9.95. The minimum Gasteiger partial charge on any atom is -0.512 e. The van der Waals surface area contributed by atoms with E-state index in [1.165, 1.54) is 12.8 Å². The van der Waals surface area contributed by atoms with Gasteiger partial charge >= 0.3 is 0 Å². The number of fused-ring (bicyclic) bond motifs is 1. The average molecular weight is 561 g/mol. The number of aliphatic hydroxyl groups excluding tert-OH is 1. The van der Waals surface area contributed by atoms with Crippen LogP contribution in [0.5, 0.6) is 0 Å². The van der Waals surface area contributed by atoms with Crippen molar-refractivity contribution in [3.63, 3.8) is 0 Å². The first-order valence-corrected chi connectivity index (χ1v) is 15.0. The lowest BCUT2D eigenvalue weighted by Gasteiger charge is -2.38. The topological polar surface area (TPSA) is 94.7 Å². The molecule has 6 rings (SSSR count). The highest BCUT2D eigenvalue weighted by atomic mass is 19.1. The van der Waals surface area contributed by atoms with Crippen molar-refractivity contribution in [1.82, 2.24) is 29.7 Å². The summed E-state index contributed by atoms with van der Waals surface area (Å²) in [5.41, 5.74) is 3.25. The second kappa shape index (κ2) is 11.9. The van der Waals surface area contributed by atoms with Gasteiger partial charge in [-0.1, -0.05) is 19.4 Å². The SMILES string of the molecule is C=c1/c(=C(\C)O)c(C)c2cnc(=Nc3ccc(N4CCN(CC5CCNCC5F)CC4)cn3)nc-2n1C1CCCC1. The predicted molar refractivity (Wildman–Crippen MR) is 159 cm³/mol. The summed E-state index contributed by atoms with van der Waals surface area (Å²) in [6.45, 7) is 13.9. The van der Waals surface area contributed by atoms with Crippen LogP contribution in [0.4, 0.5) is 15.9 Å². The largest absolute Gasteiger partial charge is 0.512 e. The second-order valence-electron chi connectivity index (χ2n) is 11.8. The van der Waals surface area contributed by atoms with Gasteiger partial charge in [0.25, 0.3) is 5.62 Å². The van der Waals surface area contributed by atoms with E-state index in [0.29, 0.717) is 24.0 Å². The number of alkyl halides is 1. The van der Waals surface area contributed by atoms with Crippen LogP contribution in [0.3, 0.4) is 0 Å². The van der Waals surface area contributed by atoms with Crippen molar-refractivity contribution < 1.29 is 9.50 Å². The number of aromatic nitrogens is 4. The molecule has 218 valence electrons. The van der Waals surface area contributed by atoms with E-state index in [1.807, 2.05) is 19.2 Å². The molecular weight excluding hydrogens is 519 g/mol. The summed E-state index contributed by atoms with van der Waals surface area (Å²) in [5, 5.41) is 15.1. The number of anilines is 1. The van der Waals surface area contributed by atoms with Gasteiger partial charge in [-0.05, 0) is 57.4 Å². The molecule has 1 saturated carbocycles. The number of aliphatic hydroxyl groups is 1. The van der Waals surface area contributed by atoms with Gasteiger partial charge in [-0.15, -0.1) is 0 Å². The first-order chi connectivity index (χ1) is 19.9. The van der Waals surface area contributed by atoms with Crippen molar-refractivity contribution >= 4 is 23.8 Å². The molecule has 41 heavy (non-hydrogen) atoms. The van der Waals surface area contributed by atoms with E-state index in [-0.39, 0.29) is 11.7 Å². The molecule has 1 aromatic heterocycles. The van der Waals surface area contributed by atoms with Crippen LogP contribution in [0.25, 0.3) is 23.7 Å². The summed E-state index contributed by atoms with van der Waals surface area (Å²) in [4.78, 5) is 23.4. The van der Waals surface area contributed by atoms with Gasteiger partial charge in [-0.2, -0.15) is 9.98 Å². The molecule has 5 aliphatic rings. The van der Waals surface area contributed by atoms with E-state index in [2.05, 4.69) is 47.3 Å². The number of nitrogens with zero attached hydrogens (tertiary/aromatic N) is 7. The number of piperidine rings is 1. The molecule has 9 nitrogen and oxygen atoms in total. The van der Waals surface area contributed by atoms with Crippen LogP contribution in [0.15, 0.2) is 29.5 Å². The quantitative estimate of drug-likeness (QED) is 0.496. The fraction of sp³-hybridized carbons (Fsp3) is 0.548. The zero-order chi connectivity index (χ0) is 28.5. The standard InChI is InChI=1S/C31H41FN8O/c1-20-26-17-35-31(37-30(26)40(24-6-4-5-7-24)21(2)29(20)22(3)41)36-28-9-8-25(16-34-28)39-14-12-38(13-15-39)19-23-10-11-33-18-27(23)32/h8-9,16-17,23-24,27,33,41H,2,4-7,10-15,18-19H2,1,3H3/b29-22+,36-31?. The van der Waals surface area contributed by atoms with E-state index in [9.17, 15) is 9.50 Å². The average Bonchev–Trinajstić information content (AvgIpc) is 3.50. The maximum Gasteiger partial charge on any atom is 0.253 e. The van der Waals surface area contributed by atoms with Crippen LogP contribution < -0.4 is 26.4 Å². The van der Waals surface area contributed by atoms with Gasteiger partial charge < -0.3 is 19.9 Å². The monoisotopic (exact) mass is 560 g/mol. The Labute approximate surface area is 240 Å². The highest BCUT2D eigenvalue weighted by Gasteiger charge is 2.28. The van der Waals surface area contributed by atoms with Gasteiger partial charge in [0.15, 0.2) is 5.82 Å². The Morgan fingerprint density at radius 3 is 2.59 bits per heavy atom. The number of pyridine rings is 2. The van der Waals surface area contributed by atoms with E-state index >= 15 is 0 Å². The number of hydrogen-bond donors (Lipinski definition) is 2. The van der Waals surface area contributed by atoms with Crippen molar-refractivity contribution in [1.29, 1.82) is 0 Å². The zero-order valence-electron chi connectivity index (χ0n) is 24.2. The highest BCUT2D eigenvalue weighted by Crippen LogP contribution is 2.32. The predicted octanol–water partition coefficient (Wildman–Crippen LogP) is 2.60. The maximum atomic E-state index is 14.2. The third-order valence-corrected chi connectivity index (χ3v) is 9.11. The number of nitrogens with one attached hydrogen (secondary N) is 1. The summed E-state index contributed by atoms with van der Waals surface area (Å²) in [5.74, 6) is 1.76. The molecule has 2 N–H and O–H groups in total. The van der Waals surface area contributed by atoms with E-state index in [4.69, 9.17) is 4.98 Å². The summed E-state index contributed by atoms with van der Waals surface area (Å²) < 4.78 is 16.4. The first kappa shape index (κ1) is 27.8. The Morgan fingerprint density at radius 1 is 1.12 bits per heavy atom. The molecule has 1 aliphatic carbocycles. The fourth-order valence-electron chi connectivity index (χ4n) is 6.84. The number of halogens is 1. The summed E-state index contributed by atoms with van der Waals surface area (Å²) in [6.07, 6.45) is 8.32. The molecule has 2 saturated heterocycles. The molecule has 2 unspecified atom stereocenters. The number of rotatable bonds is 5. The molecular formula is C31H41FN8O. The van der Waals surface area contributed by atoms with Crippen molar-refractivity contribution in [3.05, 3.63) is 46.3 Å². The third kappa shape index (κ3) is 5.72. The highest BCUT2D eigenvalue weighted by molar-refractivity contribution is 5.62. The van der Waals surface area contributed by atoms with E-state index < -0.39 is 6.17 Å². The van der Waals surface area contributed by atoms with Gasteiger partial charge in [0.2, 0.25) is 0 Å². The van der Waals surface area contributed by atoms with Crippen LogP contribution in [0.2, 0.25) is 0 Å². The van der Waals surface area contributed by atoms with Gasteiger partial charge in [0.1, 0.15) is 12.0 Å². The zero-order valence-corrected chi connectivity index (χ0v) is 24.2. The van der Waals surface area contributed by atoms with Crippen LogP contribution in [-0.2, 0) is 0 Å². The maximum absolute atomic E-state index is 14.2. The van der Waals surface area contributed by atoms with Crippen LogP contribution >= 0.6 is 0 Å². The van der Waals surface area contributed by atoms with Crippen molar-refractivity contribution in [2.24, 2.45) is 10.9 Å². The van der Waals surface area contributed by atoms with Crippen molar-refractivity contribution in [2.75, 3.05) is 50.7 Å². The minimum atomic E-state index is -0.743. The molecule has 0 aromatic carbocycles. The van der Waals surface area contributed by atoms with Gasteiger partial charge in [-0.3, -0.25) is 4.90 Å². The normalized spacial score (nSPS) is 23.9. The van der Waals surface area contributed by atoms with Gasteiger partial charge in [0.05, 0.1) is 17.6 Å². The molecule has 10 heteroatoms. The van der Waals surface area contributed by atoms with Gasteiger partial charge in [-0.25, -0.2) is 14.4 Å². The summed E-state index contributed by atoms with van der Waals surface area (Å²) >= 11 is 0. The second-order valence-corrected chi connectivity index (χ2v) is 11.8. The van der Waals surface area contributed by atoms with Crippen LogP contribution in [-0.4, -0.2) is 81.5 Å². The molecule has 0 spiro atoms. The number of piperazine rings is 1. The smallest absolute Gasteiger partial charge is 0.253 e. The fourth-order valence-corrected chi connectivity index (χ4v) is 6.84. The van der Waals surface area contributed by atoms with Crippen molar-refractivity contribution in [3.8, 4) is 11.4 Å². The lowest BCUT2D eigenvalue weighted by molar-refractivity contribution is 0.122.